The Bertz CT molecular complexity index is 419. The van der Waals surface area contributed by atoms with Crippen LogP contribution in [0, 0.1) is 6.92 Å². The third-order valence-corrected chi connectivity index (χ3v) is 4.42. The molecule has 0 radical (unpaired) electrons. The first-order valence-corrected chi connectivity index (χ1v) is 8.12. The van der Waals surface area contributed by atoms with E-state index in [4.69, 9.17) is 0 Å². The van der Waals surface area contributed by atoms with Gasteiger partial charge in [-0.2, -0.15) is 0 Å². The highest BCUT2D eigenvalue weighted by atomic mass is 15.2. The Balaban J connectivity index is 2.00. The summed E-state index contributed by atoms with van der Waals surface area (Å²) in [6, 6.07) is 6.87. The maximum absolute atomic E-state index is 2.62. The lowest BCUT2D eigenvalue weighted by atomic mass is 9.99. The van der Waals surface area contributed by atoms with Gasteiger partial charge in [0.15, 0.2) is 0 Å². The highest BCUT2D eigenvalue weighted by Crippen LogP contribution is 2.28. The zero-order valence-electron chi connectivity index (χ0n) is 13.7. The Hall–Kier alpha value is -1.02. The van der Waals surface area contributed by atoms with Crippen LogP contribution in [0.15, 0.2) is 18.2 Å². The van der Waals surface area contributed by atoms with Crippen LogP contribution in [0.4, 0.5) is 5.69 Å². The molecule has 20 heavy (non-hydrogen) atoms. The van der Waals surface area contributed by atoms with E-state index in [-0.39, 0.29) is 0 Å². The summed E-state index contributed by atoms with van der Waals surface area (Å²) in [5, 5.41) is 0. The van der Waals surface area contributed by atoms with Gasteiger partial charge in [-0.15, -0.1) is 0 Å². The molecule has 0 bridgehead atoms. The first kappa shape index (κ1) is 15.4. The Morgan fingerprint density at radius 3 is 2.50 bits per heavy atom. The fourth-order valence-corrected chi connectivity index (χ4v) is 3.07. The van der Waals surface area contributed by atoms with Crippen molar-refractivity contribution in [3.63, 3.8) is 0 Å². The van der Waals surface area contributed by atoms with Gasteiger partial charge in [0.1, 0.15) is 0 Å². The van der Waals surface area contributed by atoms with E-state index >= 15 is 0 Å². The lowest BCUT2D eigenvalue weighted by molar-refractivity contribution is 0.234. The number of hydrogen-bond donors (Lipinski definition) is 0. The Labute approximate surface area is 124 Å². The molecule has 0 amide bonds. The molecule has 0 N–H and O–H groups in total. The molecule has 1 heterocycles. The molecule has 0 atom stereocenters. The maximum atomic E-state index is 2.62. The van der Waals surface area contributed by atoms with Crippen LogP contribution in [0.2, 0.25) is 0 Å². The van der Waals surface area contributed by atoms with Gasteiger partial charge < -0.3 is 9.80 Å². The number of rotatable bonds is 5. The summed E-state index contributed by atoms with van der Waals surface area (Å²) in [5.41, 5.74) is 4.24. The quantitative estimate of drug-likeness (QED) is 0.799. The molecule has 112 valence electrons. The molecule has 1 aliphatic rings. The minimum absolute atomic E-state index is 0.586. The van der Waals surface area contributed by atoms with Crippen molar-refractivity contribution in [3.8, 4) is 0 Å². The molecule has 1 saturated heterocycles. The van der Waals surface area contributed by atoms with Gasteiger partial charge in [0.05, 0.1) is 0 Å². The number of piperidine rings is 1. The van der Waals surface area contributed by atoms with Crippen molar-refractivity contribution in [2.24, 2.45) is 0 Å². The van der Waals surface area contributed by atoms with Crippen molar-refractivity contribution in [1.29, 1.82) is 0 Å². The van der Waals surface area contributed by atoms with Crippen molar-refractivity contribution in [2.45, 2.75) is 46.0 Å². The number of likely N-dealkylation sites (N-methyl/N-ethyl adjacent to an activating group) is 1. The number of nitrogens with zero attached hydrogens (tertiary/aromatic N) is 2. The second-order valence-corrected chi connectivity index (χ2v) is 6.54. The van der Waals surface area contributed by atoms with Gasteiger partial charge in [0.2, 0.25) is 0 Å². The van der Waals surface area contributed by atoms with Gasteiger partial charge in [-0.1, -0.05) is 32.4 Å². The lowest BCUT2D eigenvalue weighted by Gasteiger charge is -2.30. The number of anilines is 1. The fraction of sp³-hybridized carbons (Fsp3) is 0.667. The Kier molecular flexibility index (Phi) is 5.47. The second kappa shape index (κ2) is 7.12. The summed E-state index contributed by atoms with van der Waals surface area (Å²) in [6.07, 6.45) is 4.18. The largest absolute Gasteiger partial charge is 0.373 e. The fourth-order valence-electron chi connectivity index (χ4n) is 3.07. The Morgan fingerprint density at radius 2 is 1.85 bits per heavy atom. The van der Waals surface area contributed by atoms with Crippen LogP contribution in [-0.4, -0.2) is 38.1 Å². The van der Waals surface area contributed by atoms with E-state index in [1.165, 1.54) is 55.7 Å². The van der Waals surface area contributed by atoms with Crippen molar-refractivity contribution in [2.75, 3.05) is 38.1 Å². The van der Waals surface area contributed by atoms with E-state index in [0.29, 0.717) is 5.92 Å². The van der Waals surface area contributed by atoms with Crippen molar-refractivity contribution >= 4 is 5.69 Å². The summed E-state index contributed by atoms with van der Waals surface area (Å²) in [6.45, 7) is 11.7. The standard InChI is InChI=1S/C18H30N2/c1-15(2)17-9-8-16(3)14-18(17)19(4)12-13-20-10-6-5-7-11-20/h8-9,14-15H,5-7,10-13H2,1-4H3. The van der Waals surface area contributed by atoms with Crippen LogP contribution in [-0.2, 0) is 0 Å². The first-order chi connectivity index (χ1) is 9.58. The van der Waals surface area contributed by atoms with Crippen molar-refractivity contribution < 1.29 is 0 Å². The molecule has 0 aromatic heterocycles. The van der Waals surface area contributed by atoms with E-state index in [0.717, 1.165) is 6.54 Å². The topological polar surface area (TPSA) is 6.48 Å². The summed E-state index contributed by atoms with van der Waals surface area (Å²) in [7, 11) is 2.24. The third kappa shape index (κ3) is 3.99. The molecule has 1 aromatic carbocycles. The van der Waals surface area contributed by atoms with Crippen LogP contribution >= 0.6 is 0 Å². The van der Waals surface area contributed by atoms with E-state index in [2.05, 4.69) is 55.8 Å². The molecule has 0 saturated carbocycles. The Morgan fingerprint density at radius 1 is 1.15 bits per heavy atom. The van der Waals surface area contributed by atoms with E-state index in [9.17, 15) is 0 Å². The minimum atomic E-state index is 0.586. The van der Waals surface area contributed by atoms with Crippen LogP contribution in [0.25, 0.3) is 0 Å². The number of hydrogen-bond acceptors (Lipinski definition) is 2. The molecule has 1 aromatic rings. The normalized spacial score (nSPS) is 16.6. The average Bonchev–Trinajstić information content (AvgIpc) is 2.45. The molecule has 0 aliphatic carbocycles. The zero-order valence-corrected chi connectivity index (χ0v) is 13.7. The van der Waals surface area contributed by atoms with Gasteiger partial charge >= 0.3 is 0 Å². The summed E-state index contributed by atoms with van der Waals surface area (Å²) in [5.74, 6) is 0.586. The first-order valence-electron chi connectivity index (χ1n) is 8.12. The van der Waals surface area contributed by atoms with E-state index in [1.807, 2.05) is 0 Å². The molecule has 2 rings (SSSR count). The minimum Gasteiger partial charge on any atom is -0.373 e. The molecule has 1 fully saturated rings. The van der Waals surface area contributed by atoms with Crippen LogP contribution in [0.3, 0.4) is 0 Å². The zero-order chi connectivity index (χ0) is 14.5. The molecule has 2 heteroatoms. The molecule has 2 nitrogen and oxygen atoms in total. The third-order valence-electron chi connectivity index (χ3n) is 4.42. The van der Waals surface area contributed by atoms with E-state index in [1.54, 1.807) is 0 Å². The summed E-state index contributed by atoms with van der Waals surface area (Å²) < 4.78 is 0. The van der Waals surface area contributed by atoms with Crippen LogP contribution in [0.1, 0.15) is 50.2 Å². The monoisotopic (exact) mass is 274 g/mol. The van der Waals surface area contributed by atoms with Gasteiger partial charge in [0, 0.05) is 25.8 Å². The van der Waals surface area contributed by atoms with Crippen LogP contribution in [0.5, 0.6) is 0 Å². The smallest absolute Gasteiger partial charge is 0.0401 e. The highest BCUT2D eigenvalue weighted by Gasteiger charge is 2.13. The second-order valence-electron chi connectivity index (χ2n) is 6.54. The summed E-state index contributed by atoms with van der Waals surface area (Å²) in [4.78, 5) is 5.06. The molecule has 1 aliphatic heterocycles. The lowest BCUT2D eigenvalue weighted by Crippen LogP contribution is -2.36. The molecular weight excluding hydrogens is 244 g/mol. The van der Waals surface area contributed by atoms with E-state index < -0.39 is 0 Å². The number of likely N-dealkylation sites (tertiary alicyclic amines) is 1. The molecule has 0 spiro atoms. The average molecular weight is 274 g/mol. The van der Waals surface area contributed by atoms with Gasteiger partial charge in [0.25, 0.3) is 0 Å². The predicted octanol–water partition coefficient (Wildman–Crippen LogP) is 4.04. The SMILES string of the molecule is Cc1ccc(C(C)C)c(N(C)CCN2CCCCC2)c1. The van der Waals surface area contributed by atoms with Crippen LogP contribution < -0.4 is 4.90 Å². The summed E-state index contributed by atoms with van der Waals surface area (Å²) >= 11 is 0. The molecule has 0 unspecified atom stereocenters. The molecular formula is C18H30N2. The number of aryl methyl sites for hydroxylation is 1. The maximum Gasteiger partial charge on any atom is 0.0401 e. The number of benzene rings is 1. The van der Waals surface area contributed by atoms with Crippen molar-refractivity contribution in [3.05, 3.63) is 29.3 Å². The predicted molar refractivity (Wildman–Crippen MR) is 88.8 cm³/mol. The van der Waals surface area contributed by atoms with Gasteiger partial charge in [-0.25, -0.2) is 0 Å². The van der Waals surface area contributed by atoms with Gasteiger partial charge in [-0.3, -0.25) is 0 Å². The highest BCUT2D eigenvalue weighted by molar-refractivity contribution is 5.56. The van der Waals surface area contributed by atoms with Crippen molar-refractivity contribution in [1.82, 2.24) is 4.90 Å². The van der Waals surface area contributed by atoms with Gasteiger partial charge in [-0.05, 0) is 56.0 Å².